The van der Waals surface area contributed by atoms with Crippen LogP contribution in [0.3, 0.4) is 0 Å². The molecule has 0 saturated heterocycles. The predicted octanol–water partition coefficient (Wildman–Crippen LogP) is 3.22. The number of halogens is 5. The third-order valence-corrected chi connectivity index (χ3v) is 3.52. The Labute approximate surface area is 118 Å². The molecule has 1 unspecified atom stereocenters. The van der Waals surface area contributed by atoms with E-state index in [2.05, 4.69) is 6.58 Å². The molecule has 0 spiro atoms. The van der Waals surface area contributed by atoms with E-state index in [-0.39, 0.29) is 31.3 Å². The number of ether oxygens (including phenoxy) is 1. The number of carbonyl (C=O) groups excluding carboxylic acids is 1. The highest BCUT2D eigenvalue weighted by atomic mass is 19.4. The first-order valence-corrected chi connectivity index (χ1v) is 6.45. The highest BCUT2D eigenvalue weighted by Crippen LogP contribution is 2.43. The molecular formula is C13H17F5O3. The summed E-state index contributed by atoms with van der Waals surface area (Å²) >= 11 is 0. The number of hydrogen-bond acceptors (Lipinski definition) is 3. The van der Waals surface area contributed by atoms with Gasteiger partial charge in [0.2, 0.25) is 6.10 Å². The first-order valence-electron chi connectivity index (χ1n) is 6.45. The molecule has 0 aromatic carbocycles. The molecule has 0 aromatic rings. The van der Waals surface area contributed by atoms with Crippen LogP contribution in [0.15, 0.2) is 12.2 Å². The summed E-state index contributed by atoms with van der Waals surface area (Å²) in [5.74, 6) is -6.49. The van der Waals surface area contributed by atoms with Crippen LogP contribution in [0.2, 0.25) is 0 Å². The van der Waals surface area contributed by atoms with E-state index >= 15 is 0 Å². The maximum absolute atomic E-state index is 13.6. The summed E-state index contributed by atoms with van der Waals surface area (Å²) in [5, 5.41) is 8.78. The minimum Gasteiger partial charge on any atom is -0.459 e. The molecule has 21 heavy (non-hydrogen) atoms. The van der Waals surface area contributed by atoms with Crippen molar-refractivity contribution in [2.24, 2.45) is 5.92 Å². The number of rotatable bonds is 4. The third kappa shape index (κ3) is 4.39. The Morgan fingerprint density at radius 2 is 1.67 bits per heavy atom. The largest absolute Gasteiger partial charge is 0.459 e. The average Bonchev–Trinajstić information content (AvgIpc) is 2.37. The molecule has 1 aliphatic carbocycles. The smallest absolute Gasteiger partial charge is 0.420 e. The molecule has 1 fully saturated rings. The summed E-state index contributed by atoms with van der Waals surface area (Å²) in [6, 6.07) is 0. The van der Waals surface area contributed by atoms with E-state index in [1.807, 2.05) is 0 Å². The van der Waals surface area contributed by atoms with Crippen LogP contribution in [0.25, 0.3) is 0 Å². The fourth-order valence-electron chi connectivity index (χ4n) is 2.26. The van der Waals surface area contributed by atoms with Crippen molar-refractivity contribution in [3.05, 3.63) is 12.2 Å². The average molecular weight is 316 g/mol. The molecular weight excluding hydrogens is 299 g/mol. The van der Waals surface area contributed by atoms with Crippen molar-refractivity contribution >= 4 is 5.97 Å². The van der Waals surface area contributed by atoms with Gasteiger partial charge in [0.1, 0.15) is 6.10 Å². The van der Waals surface area contributed by atoms with Crippen molar-refractivity contribution in [1.82, 2.24) is 0 Å². The predicted molar refractivity (Wildman–Crippen MR) is 63.7 cm³/mol. The Morgan fingerprint density at radius 3 is 2.05 bits per heavy atom. The minimum absolute atomic E-state index is 0.0316. The number of esters is 1. The number of alkyl halides is 5. The van der Waals surface area contributed by atoms with E-state index in [1.54, 1.807) is 0 Å². The van der Waals surface area contributed by atoms with Gasteiger partial charge in [-0.3, -0.25) is 0 Å². The zero-order valence-corrected chi connectivity index (χ0v) is 11.4. The van der Waals surface area contributed by atoms with Gasteiger partial charge < -0.3 is 9.84 Å². The maximum Gasteiger partial charge on any atom is 0.420 e. The molecule has 1 N–H and O–H groups in total. The number of hydrogen-bond donors (Lipinski definition) is 1. The van der Waals surface area contributed by atoms with Gasteiger partial charge in [-0.2, -0.15) is 13.2 Å². The molecule has 1 aliphatic rings. The van der Waals surface area contributed by atoms with E-state index in [4.69, 9.17) is 9.84 Å². The van der Waals surface area contributed by atoms with E-state index in [0.717, 1.165) is 0 Å². The van der Waals surface area contributed by atoms with Gasteiger partial charge in [0.25, 0.3) is 5.92 Å². The highest BCUT2D eigenvalue weighted by molar-refractivity contribution is 5.87. The molecule has 0 radical (unpaired) electrons. The topological polar surface area (TPSA) is 46.5 Å². The fraction of sp³-hybridized carbons (Fsp3) is 0.769. The first kappa shape index (κ1) is 17.9. The van der Waals surface area contributed by atoms with Gasteiger partial charge in [-0.1, -0.05) is 6.58 Å². The summed E-state index contributed by atoms with van der Waals surface area (Å²) in [4.78, 5) is 11.3. The third-order valence-electron chi connectivity index (χ3n) is 3.52. The standard InChI is InChI=1S/C13H17F5O3/c1-7(2)10(19)21-9-5-3-8(4-6-9)12(14,15)11(20)13(16,17)18/h8-9,11,20H,1,3-6H2,2H3. The lowest BCUT2D eigenvalue weighted by atomic mass is 9.81. The van der Waals surface area contributed by atoms with Crippen molar-refractivity contribution in [2.45, 2.75) is 56.9 Å². The van der Waals surface area contributed by atoms with E-state index in [1.165, 1.54) is 6.92 Å². The normalized spacial score (nSPS) is 25.3. The van der Waals surface area contributed by atoms with Crippen LogP contribution in [0, 0.1) is 5.92 Å². The maximum atomic E-state index is 13.6. The van der Waals surface area contributed by atoms with Gasteiger partial charge >= 0.3 is 12.1 Å². The van der Waals surface area contributed by atoms with Gasteiger partial charge in [-0.25, -0.2) is 13.6 Å². The van der Waals surface area contributed by atoms with Crippen molar-refractivity contribution < 1.29 is 36.6 Å². The van der Waals surface area contributed by atoms with E-state index < -0.39 is 36.2 Å². The zero-order valence-electron chi connectivity index (χ0n) is 11.4. The molecule has 0 amide bonds. The van der Waals surface area contributed by atoms with Gasteiger partial charge in [0.05, 0.1) is 0 Å². The van der Waals surface area contributed by atoms with E-state index in [0.29, 0.717) is 0 Å². The SMILES string of the molecule is C=C(C)C(=O)OC1CCC(C(F)(F)C(O)C(F)(F)F)CC1. The first-order chi connectivity index (χ1) is 9.46. The lowest BCUT2D eigenvalue weighted by Gasteiger charge is -2.36. The monoisotopic (exact) mass is 316 g/mol. The van der Waals surface area contributed by atoms with Crippen LogP contribution in [-0.4, -0.2) is 35.4 Å². The summed E-state index contributed by atoms with van der Waals surface area (Å²) in [5.41, 5.74) is 0.162. The second-order valence-electron chi connectivity index (χ2n) is 5.28. The van der Waals surface area contributed by atoms with E-state index in [9.17, 15) is 26.7 Å². The summed E-state index contributed by atoms with van der Waals surface area (Å²) in [6.07, 6.45) is -10.1. The fourth-order valence-corrected chi connectivity index (χ4v) is 2.26. The molecule has 0 aromatic heterocycles. The Hall–Kier alpha value is -1.18. The van der Waals surface area contributed by atoms with Crippen molar-refractivity contribution in [3.8, 4) is 0 Å². The van der Waals surface area contributed by atoms with Crippen LogP contribution in [0.1, 0.15) is 32.6 Å². The Balaban J connectivity index is 2.60. The summed E-state index contributed by atoms with van der Waals surface area (Å²) in [7, 11) is 0. The molecule has 0 heterocycles. The van der Waals surface area contributed by atoms with Gasteiger partial charge in [0, 0.05) is 11.5 Å². The lowest BCUT2D eigenvalue weighted by molar-refractivity contribution is -0.285. The second-order valence-corrected chi connectivity index (χ2v) is 5.28. The molecule has 8 heteroatoms. The van der Waals surface area contributed by atoms with Crippen molar-refractivity contribution in [2.75, 3.05) is 0 Å². The zero-order chi connectivity index (χ0) is 16.4. The minimum atomic E-state index is -5.37. The number of aliphatic hydroxyl groups is 1. The van der Waals surface area contributed by atoms with Crippen molar-refractivity contribution in [3.63, 3.8) is 0 Å². The molecule has 3 nitrogen and oxygen atoms in total. The van der Waals surface area contributed by atoms with Crippen LogP contribution < -0.4 is 0 Å². The van der Waals surface area contributed by atoms with Crippen LogP contribution >= 0.6 is 0 Å². The van der Waals surface area contributed by atoms with Gasteiger partial charge in [-0.15, -0.1) is 0 Å². The van der Waals surface area contributed by atoms with Gasteiger partial charge in [-0.05, 0) is 32.6 Å². The lowest BCUT2D eigenvalue weighted by Crippen LogP contribution is -2.50. The number of aliphatic hydroxyl groups excluding tert-OH is 1. The Morgan fingerprint density at radius 1 is 1.19 bits per heavy atom. The molecule has 0 aliphatic heterocycles. The van der Waals surface area contributed by atoms with Crippen LogP contribution in [0.5, 0.6) is 0 Å². The molecule has 1 rings (SSSR count). The molecule has 1 saturated carbocycles. The second kappa shape index (κ2) is 6.29. The quantitative estimate of drug-likeness (QED) is 0.492. The Kier molecular flexibility index (Phi) is 5.35. The van der Waals surface area contributed by atoms with Gasteiger partial charge in [0.15, 0.2) is 0 Å². The van der Waals surface area contributed by atoms with Crippen LogP contribution in [-0.2, 0) is 9.53 Å². The number of carbonyl (C=O) groups is 1. The molecule has 122 valence electrons. The molecule has 0 bridgehead atoms. The Bertz CT molecular complexity index is 397. The van der Waals surface area contributed by atoms with Crippen molar-refractivity contribution in [1.29, 1.82) is 0 Å². The summed E-state index contributed by atoms with van der Waals surface area (Å²) < 4.78 is 68.9. The highest BCUT2D eigenvalue weighted by Gasteiger charge is 2.58. The summed E-state index contributed by atoms with van der Waals surface area (Å²) in [6.45, 7) is 4.80. The molecule has 1 atom stereocenters. The van der Waals surface area contributed by atoms with Crippen LogP contribution in [0.4, 0.5) is 22.0 Å².